The van der Waals surface area contributed by atoms with Gasteiger partial charge in [0.15, 0.2) is 0 Å². The highest BCUT2D eigenvalue weighted by molar-refractivity contribution is 5.89. The Bertz CT molecular complexity index is 507. The van der Waals surface area contributed by atoms with E-state index in [0.717, 1.165) is 12.3 Å². The second-order valence-corrected chi connectivity index (χ2v) is 4.19. The molecule has 0 aromatic heterocycles. The van der Waals surface area contributed by atoms with Crippen LogP contribution in [0.15, 0.2) is 36.4 Å². The highest BCUT2D eigenvalue weighted by atomic mass is 16.5. The third-order valence-corrected chi connectivity index (χ3v) is 3.09. The van der Waals surface area contributed by atoms with E-state index in [2.05, 4.69) is 49.5 Å². The molecule has 0 fully saturated rings. The van der Waals surface area contributed by atoms with Gasteiger partial charge < -0.3 is 10.1 Å². The molecule has 1 atom stereocenters. The first-order valence-corrected chi connectivity index (χ1v) is 6.07. The van der Waals surface area contributed by atoms with Crippen molar-refractivity contribution < 1.29 is 4.74 Å². The molecule has 0 spiro atoms. The number of hydrogen-bond donors (Lipinski definition) is 1. The van der Waals surface area contributed by atoms with Crippen LogP contribution in [0, 0.1) is 0 Å². The van der Waals surface area contributed by atoms with Crippen molar-refractivity contribution in [3.63, 3.8) is 0 Å². The Morgan fingerprint density at radius 3 is 2.65 bits per heavy atom. The molecule has 1 unspecified atom stereocenters. The van der Waals surface area contributed by atoms with Crippen molar-refractivity contribution in [2.24, 2.45) is 0 Å². The molecule has 0 bridgehead atoms. The van der Waals surface area contributed by atoms with Crippen molar-refractivity contribution in [2.75, 3.05) is 13.7 Å². The van der Waals surface area contributed by atoms with Crippen molar-refractivity contribution in [3.05, 3.63) is 42.0 Å². The lowest BCUT2D eigenvalue weighted by atomic mass is 10.0. The average Bonchev–Trinajstić information content (AvgIpc) is 2.37. The van der Waals surface area contributed by atoms with Crippen LogP contribution in [0.2, 0.25) is 0 Å². The smallest absolute Gasteiger partial charge is 0.131 e. The Morgan fingerprint density at radius 1 is 1.18 bits per heavy atom. The Kier molecular flexibility index (Phi) is 3.64. The highest BCUT2D eigenvalue weighted by Crippen LogP contribution is 2.33. The van der Waals surface area contributed by atoms with Crippen LogP contribution in [0.1, 0.15) is 25.5 Å². The zero-order valence-electron chi connectivity index (χ0n) is 10.7. The number of fused-ring (bicyclic) bond motifs is 1. The largest absolute Gasteiger partial charge is 0.496 e. The van der Waals surface area contributed by atoms with Gasteiger partial charge in [-0.1, -0.05) is 43.3 Å². The van der Waals surface area contributed by atoms with Crippen molar-refractivity contribution in [1.29, 1.82) is 0 Å². The number of benzene rings is 2. The molecule has 2 aromatic carbocycles. The van der Waals surface area contributed by atoms with Crippen molar-refractivity contribution in [3.8, 4) is 5.75 Å². The van der Waals surface area contributed by atoms with Gasteiger partial charge >= 0.3 is 0 Å². The van der Waals surface area contributed by atoms with Crippen LogP contribution in [0.4, 0.5) is 0 Å². The molecule has 0 radical (unpaired) electrons. The van der Waals surface area contributed by atoms with E-state index in [1.165, 1.54) is 16.3 Å². The van der Waals surface area contributed by atoms with Crippen LogP contribution < -0.4 is 10.1 Å². The van der Waals surface area contributed by atoms with Gasteiger partial charge in [0.2, 0.25) is 0 Å². The first kappa shape index (κ1) is 11.9. The van der Waals surface area contributed by atoms with Gasteiger partial charge in [0, 0.05) is 17.0 Å². The van der Waals surface area contributed by atoms with E-state index in [-0.39, 0.29) is 0 Å². The molecule has 0 aliphatic rings. The second kappa shape index (κ2) is 5.19. The first-order valence-electron chi connectivity index (χ1n) is 6.07. The van der Waals surface area contributed by atoms with E-state index in [1.807, 2.05) is 6.07 Å². The highest BCUT2D eigenvalue weighted by Gasteiger charge is 2.12. The summed E-state index contributed by atoms with van der Waals surface area (Å²) in [6.45, 7) is 5.23. The van der Waals surface area contributed by atoms with Gasteiger partial charge in [0.25, 0.3) is 0 Å². The molecule has 0 saturated heterocycles. The van der Waals surface area contributed by atoms with Gasteiger partial charge in [-0.15, -0.1) is 0 Å². The average molecular weight is 229 g/mol. The van der Waals surface area contributed by atoms with Crippen LogP contribution in [-0.4, -0.2) is 13.7 Å². The molecule has 0 aliphatic carbocycles. The predicted molar refractivity (Wildman–Crippen MR) is 72.6 cm³/mol. The van der Waals surface area contributed by atoms with Gasteiger partial charge in [-0.2, -0.15) is 0 Å². The molecule has 0 aliphatic heterocycles. The molecule has 2 rings (SSSR count). The SMILES string of the molecule is CCNC(C)c1ccc2ccccc2c1OC. The van der Waals surface area contributed by atoms with E-state index in [9.17, 15) is 0 Å². The molecule has 2 nitrogen and oxygen atoms in total. The molecule has 0 amide bonds. The third kappa shape index (κ3) is 2.27. The number of rotatable bonds is 4. The van der Waals surface area contributed by atoms with Crippen molar-refractivity contribution >= 4 is 10.8 Å². The molecule has 0 saturated carbocycles. The Balaban J connectivity index is 2.56. The second-order valence-electron chi connectivity index (χ2n) is 4.19. The molecular formula is C15H19NO. The van der Waals surface area contributed by atoms with Crippen LogP contribution in [0.5, 0.6) is 5.75 Å². The van der Waals surface area contributed by atoms with E-state index in [0.29, 0.717) is 6.04 Å². The lowest BCUT2D eigenvalue weighted by Gasteiger charge is -2.18. The minimum Gasteiger partial charge on any atom is -0.496 e. The molecule has 90 valence electrons. The topological polar surface area (TPSA) is 21.3 Å². The summed E-state index contributed by atoms with van der Waals surface area (Å²) in [5.74, 6) is 0.983. The molecule has 1 N–H and O–H groups in total. The maximum Gasteiger partial charge on any atom is 0.131 e. The summed E-state index contributed by atoms with van der Waals surface area (Å²) in [5.41, 5.74) is 1.22. The summed E-state index contributed by atoms with van der Waals surface area (Å²) in [6, 6.07) is 12.9. The van der Waals surface area contributed by atoms with Gasteiger partial charge in [-0.25, -0.2) is 0 Å². The molecule has 2 aromatic rings. The summed E-state index contributed by atoms with van der Waals surface area (Å²) >= 11 is 0. The zero-order valence-corrected chi connectivity index (χ0v) is 10.7. The van der Waals surface area contributed by atoms with E-state index in [4.69, 9.17) is 4.74 Å². The number of nitrogens with one attached hydrogen (secondary N) is 1. The van der Waals surface area contributed by atoms with Gasteiger partial charge in [-0.3, -0.25) is 0 Å². The van der Waals surface area contributed by atoms with E-state index in [1.54, 1.807) is 7.11 Å². The maximum atomic E-state index is 5.59. The van der Waals surface area contributed by atoms with Crippen LogP contribution in [0.3, 0.4) is 0 Å². The molecular weight excluding hydrogens is 210 g/mol. The fraction of sp³-hybridized carbons (Fsp3) is 0.333. The molecule has 2 heteroatoms. The van der Waals surface area contributed by atoms with Crippen molar-refractivity contribution in [1.82, 2.24) is 5.32 Å². The quantitative estimate of drug-likeness (QED) is 0.866. The number of methoxy groups -OCH3 is 1. The standard InChI is InChI=1S/C15H19NO/c1-4-16-11(2)13-10-9-12-7-5-6-8-14(12)15(13)17-3/h5-11,16H,4H2,1-3H3. The number of ether oxygens (including phenoxy) is 1. The van der Waals surface area contributed by atoms with Gasteiger partial charge in [0.1, 0.15) is 5.75 Å². The number of hydrogen-bond acceptors (Lipinski definition) is 2. The Morgan fingerprint density at radius 2 is 1.94 bits per heavy atom. The van der Waals surface area contributed by atoms with E-state index < -0.39 is 0 Å². The summed E-state index contributed by atoms with van der Waals surface area (Å²) in [4.78, 5) is 0. The summed E-state index contributed by atoms with van der Waals surface area (Å²) in [6.07, 6.45) is 0. The minimum absolute atomic E-state index is 0.305. The van der Waals surface area contributed by atoms with Crippen LogP contribution in [-0.2, 0) is 0 Å². The van der Waals surface area contributed by atoms with Crippen LogP contribution in [0.25, 0.3) is 10.8 Å². The fourth-order valence-corrected chi connectivity index (χ4v) is 2.24. The van der Waals surface area contributed by atoms with Gasteiger partial charge in [-0.05, 0) is 18.9 Å². The van der Waals surface area contributed by atoms with Gasteiger partial charge in [0.05, 0.1) is 7.11 Å². The Labute approximate surface area is 103 Å². The third-order valence-electron chi connectivity index (χ3n) is 3.09. The van der Waals surface area contributed by atoms with Crippen molar-refractivity contribution in [2.45, 2.75) is 19.9 Å². The summed E-state index contributed by atoms with van der Waals surface area (Å²) < 4.78 is 5.59. The minimum atomic E-state index is 0.305. The van der Waals surface area contributed by atoms with Crippen LogP contribution >= 0.6 is 0 Å². The maximum absolute atomic E-state index is 5.59. The predicted octanol–water partition coefficient (Wildman–Crippen LogP) is 3.52. The Hall–Kier alpha value is -1.54. The zero-order chi connectivity index (χ0) is 12.3. The summed E-state index contributed by atoms with van der Waals surface area (Å²) in [7, 11) is 1.74. The summed E-state index contributed by atoms with van der Waals surface area (Å²) in [5, 5.41) is 5.82. The van der Waals surface area contributed by atoms with E-state index >= 15 is 0 Å². The normalized spacial score (nSPS) is 12.6. The fourth-order valence-electron chi connectivity index (χ4n) is 2.24. The lowest BCUT2D eigenvalue weighted by Crippen LogP contribution is -2.18. The first-order chi connectivity index (χ1) is 8.27. The lowest BCUT2D eigenvalue weighted by molar-refractivity contribution is 0.407. The monoisotopic (exact) mass is 229 g/mol. The molecule has 0 heterocycles. The molecule has 17 heavy (non-hydrogen) atoms.